The molecule has 2 aromatic rings. The zero-order valence-corrected chi connectivity index (χ0v) is 15.7. The molecule has 1 unspecified atom stereocenters. The first-order chi connectivity index (χ1) is 13.1. The van der Waals surface area contributed by atoms with Crippen LogP contribution in [0.5, 0.6) is 0 Å². The van der Waals surface area contributed by atoms with Gasteiger partial charge in [0.1, 0.15) is 17.8 Å². The van der Waals surface area contributed by atoms with Gasteiger partial charge >= 0.3 is 7.82 Å². The van der Waals surface area contributed by atoms with Crippen LogP contribution in [-0.2, 0) is 13.8 Å². The van der Waals surface area contributed by atoms with Crippen molar-refractivity contribution in [1.82, 2.24) is 19.5 Å². The molecule has 0 bridgehead atoms. The number of aliphatic hydroxyl groups is 2. The van der Waals surface area contributed by atoms with Gasteiger partial charge in [-0.25, -0.2) is 9.55 Å². The lowest BCUT2D eigenvalue weighted by Crippen LogP contribution is -2.44. The normalized spacial score (nSPS) is 30.8. The smallest absolute Gasteiger partial charge is 0.387 e. The number of phosphoric ester groups is 1. The Balaban J connectivity index is 1.67. The van der Waals surface area contributed by atoms with E-state index in [9.17, 15) is 14.8 Å². The first-order valence-electron chi connectivity index (χ1n) is 8.59. The summed E-state index contributed by atoms with van der Waals surface area (Å²) < 4.78 is 22.4. The topological polar surface area (TPSA) is 198 Å². The number of fused-ring (bicyclic) bond motifs is 1. The summed E-state index contributed by atoms with van der Waals surface area (Å²) in [6.07, 6.45) is -0.423. The number of hydrogen-bond donors (Lipinski definition) is 6. The van der Waals surface area contributed by atoms with E-state index in [2.05, 4.69) is 24.8 Å². The van der Waals surface area contributed by atoms with Crippen LogP contribution in [0.3, 0.4) is 0 Å². The number of ether oxygens (including phenoxy) is 1. The summed E-state index contributed by atoms with van der Waals surface area (Å²) in [5.74, 6) is 0.459. The molecule has 0 radical (unpaired) electrons. The van der Waals surface area contributed by atoms with Crippen molar-refractivity contribution in [2.24, 2.45) is 0 Å². The highest BCUT2D eigenvalue weighted by molar-refractivity contribution is 7.46. The van der Waals surface area contributed by atoms with Gasteiger partial charge in [-0.1, -0.05) is 0 Å². The number of hydrogen-bond acceptors (Lipinski definition) is 10. The average molecular weight is 416 g/mol. The van der Waals surface area contributed by atoms with E-state index in [-0.39, 0.29) is 11.6 Å². The van der Waals surface area contributed by atoms with E-state index in [0.29, 0.717) is 17.4 Å². The predicted molar refractivity (Wildman–Crippen MR) is 94.9 cm³/mol. The Kier molecular flexibility index (Phi) is 4.58. The highest BCUT2D eigenvalue weighted by Crippen LogP contribution is 2.43. The fraction of sp³-hybridized carbons (Fsp3) is 0.643. The van der Waals surface area contributed by atoms with Crippen molar-refractivity contribution in [3.8, 4) is 0 Å². The van der Waals surface area contributed by atoms with Gasteiger partial charge in [0.15, 0.2) is 23.2 Å². The maximum atomic E-state index is 10.9. The maximum Gasteiger partial charge on any atom is 0.469 e. The Hall–Kier alpha value is -1.86. The number of anilines is 2. The van der Waals surface area contributed by atoms with E-state index in [1.165, 1.54) is 17.8 Å². The monoisotopic (exact) mass is 416 g/mol. The van der Waals surface area contributed by atoms with Gasteiger partial charge in [0.05, 0.1) is 12.9 Å². The summed E-state index contributed by atoms with van der Waals surface area (Å²) in [5.41, 5.74) is 4.69. The molecule has 14 heteroatoms. The van der Waals surface area contributed by atoms with Crippen LogP contribution in [0.15, 0.2) is 6.33 Å². The van der Waals surface area contributed by atoms with Crippen LogP contribution in [0.25, 0.3) is 11.2 Å². The molecule has 13 nitrogen and oxygen atoms in total. The summed E-state index contributed by atoms with van der Waals surface area (Å²) in [6, 6.07) is 0.296. The highest BCUT2D eigenvalue weighted by atomic mass is 31.2. The number of aliphatic hydroxyl groups excluding tert-OH is 1. The number of nitrogens with two attached hydrogens (primary N) is 1. The van der Waals surface area contributed by atoms with Crippen LogP contribution < -0.4 is 11.1 Å². The molecular formula is C14H21N6O7P. The van der Waals surface area contributed by atoms with Gasteiger partial charge in [-0.15, -0.1) is 0 Å². The summed E-state index contributed by atoms with van der Waals surface area (Å²) in [4.78, 5) is 30.3. The molecule has 154 valence electrons. The number of nitrogens with one attached hydrogen (secondary N) is 1. The molecule has 4 rings (SSSR count). The lowest BCUT2D eigenvalue weighted by molar-refractivity contribution is -0.0949. The van der Waals surface area contributed by atoms with E-state index in [4.69, 9.17) is 20.3 Å². The van der Waals surface area contributed by atoms with Gasteiger partial charge < -0.3 is 35.8 Å². The molecule has 0 spiro atoms. The van der Waals surface area contributed by atoms with Crippen molar-refractivity contribution >= 4 is 30.8 Å². The third kappa shape index (κ3) is 3.57. The van der Waals surface area contributed by atoms with Crippen molar-refractivity contribution in [2.45, 2.75) is 49.8 Å². The summed E-state index contributed by atoms with van der Waals surface area (Å²) in [5, 5.41) is 24.4. The van der Waals surface area contributed by atoms with E-state index < -0.39 is 38.5 Å². The standard InChI is InChI=1S/C14H21N6O7P/c1-14(22)9(21)7(4-26-28(23,24)25)27-12(14)20-5-16-8-10(17-6-2-3-6)18-13(15)19-11(8)20/h5-7,9,12,21-22H,2-4H2,1H3,(H2,23,24,25)(H3,15,17,18,19)/t7-,9?,12-,14+/m1/s1. The molecule has 3 heterocycles. The minimum Gasteiger partial charge on any atom is -0.387 e. The molecule has 2 aliphatic rings. The number of nitrogens with zero attached hydrogens (tertiary/aromatic N) is 4. The molecule has 28 heavy (non-hydrogen) atoms. The molecule has 2 fully saturated rings. The van der Waals surface area contributed by atoms with Crippen molar-refractivity contribution < 1.29 is 33.8 Å². The SMILES string of the molecule is C[C@]1(O)C(O)[C@@H](COP(=O)(O)O)O[C@H]1n1cnc2c(NC3CC3)nc(N)nc21. The van der Waals surface area contributed by atoms with E-state index in [0.717, 1.165) is 12.8 Å². The van der Waals surface area contributed by atoms with Crippen molar-refractivity contribution in [1.29, 1.82) is 0 Å². The van der Waals surface area contributed by atoms with Crippen LogP contribution in [-0.4, -0.2) is 70.0 Å². The average Bonchev–Trinajstić information content (AvgIpc) is 3.25. The molecule has 1 aliphatic carbocycles. The molecular weight excluding hydrogens is 395 g/mol. The number of imidazole rings is 1. The van der Waals surface area contributed by atoms with E-state index in [1.807, 2.05) is 0 Å². The fourth-order valence-electron chi connectivity index (χ4n) is 3.17. The minimum absolute atomic E-state index is 0.00280. The number of aromatic nitrogens is 4. The van der Waals surface area contributed by atoms with Crippen LogP contribution in [0, 0.1) is 0 Å². The Morgan fingerprint density at radius 2 is 2.18 bits per heavy atom. The van der Waals surface area contributed by atoms with Gasteiger partial charge in [-0.05, 0) is 19.8 Å². The zero-order chi connectivity index (χ0) is 20.3. The Morgan fingerprint density at radius 1 is 1.46 bits per heavy atom. The van der Waals surface area contributed by atoms with Gasteiger partial charge in [-0.3, -0.25) is 9.09 Å². The van der Waals surface area contributed by atoms with Crippen molar-refractivity contribution in [3.63, 3.8) is 0 Å². The highest BCUT2D eigenvalue weighted by Gasteiger charge is 2.54. The first kappa shape index (κ1) is 19.5. The van der Waals surface area contributed by atoms with Crippen LogP contribution in [0.2, 0.25) is 0 Å². The van der Waals surface area contributed by atoms with Crippen LogP contribution in [0.1, 0.15) is 26.0 Å². The number of rotatable bonds is 6. The van der Waals surface area contributed by atoms with Gasteiger partial charge in [0.2, 0.25) is 5.95 Å². The van der Waals surface area contributed by atoms with E-state index in [1.54, 1.807) is 0 Å². The molecule has 4 atom stereocenters. The second kappa shape index (κ2) is 6.59. The van der Waals surface area contributed by atoms with Gasteiger partial charge in [0, 0.05) is 6.04 Å². The largest absolute Gasteiger partial charge is 0.469 e. The van der Waals surface area contributed by atoms with Crippen molar-refractivity contribution in [3.05, 3.63) is 6.33 Å². The number of phosphoric acid groups is 1. The molecule has 1 aliphatic heterocycles. The first-order valence-corrected chi connectivity index (χ1v) is 10.1. The van der Waals surface area contributed by atoms with Gasteiger partial charge in [0.25, 0.3) is 0 Å². The molecule has 1 saturated carbocycles. The Morgan fingerprint density at radius 3 is 2.82 bits per heavy atom. The van der Waals surface area contributed by atoms with E-state index >= 15 is 0 Å². The Labute approximate surface area is 158 Å². The predicted octanol–water partition coefficient (Wildman–Crippen LogP) is -0.899. The number of nitrogen functional groups attached to an aromatic ring is 1. The quantitative estimate of drug-likeness (QED) is 0.318. The fourth-order valence-corrected chi connectivity index (χ4v) is 3.52. The van der Waals surface area contributed by atoms with Crippen molar-refractivity contribution in [2.75, 3.05) is 17.7 Å². The lowest BCUT2D eigenvalue weighted by atomic mass is 9.96. The third-order valence-electron chi connectivity index (χ3n) is 4.77. The maximum absolute atomic E-state index is 10.9. The molecule has 2 aromatic heterocycles. The lowest BCUT2D eigenvalue weighted by Gasteiger charge is -2.27. The molecule has 0 amide bonds. The minimum atomic E-state index is -4.76. The Bertz CT molecular complexity index is 942. The third-order valence-corrected chi connectivity index (χ3v) is 5.26. The van der Waals surface area contributed by atoms with Gasteiger partial charge in [-0.2, -0.15) is 9.97 Å². The molecule has 7 N–H and O–H groups in total. The zero-order valence-electron chi connectivity index (χ0n) is 14.8. The molecule has 0 aromatic carbocycles. The second-order valence-corrected chi connectivity index (χ2v) is 8.40. The van der Waals surface area contributed by atoms with Crippen LogP contribution >= 0.6 is 7.82 Å². The second-order valence-electron chi connectivity index (χ2n) is 7.16. The summed E-state index contributed by atoms with van der Waals surface area (Å²) in [7, 11) is -4.76. The summed E-state index contributed by atoms with van der Waals surface area (Å²) >= 11 is 0. The summed E-state index contributed by atoms with van der Waals surface area (Å²) in [6.45, 7) is 0.718. The molecule has 1 saturated heterocycles. The van der Waals surface area contributed by atoms with Crippen LogP contribution in [0.4, 0.5) is 11.8 Å².